The minimum Gasteiger partial charge on any atom is -0.495 e. The summed E-state index contributed by atoms with van der Waals surface area (Å²) in [6.07, 6.45) is 0.513. The van der Waals surface area contributed by atoms with Crippen LogP contribution in [-0.4, -0.2) is 13.0 Å². The van der Waals surface area contributed by atoms with Gasteiger partial charge in [0.05, 0.1) is 12.8 Å². The van der Waals surface area contributed by atoms with Gasteiger partial charge in [-0.2, -0.15) is 0 Å². The molecule has 1 N–H and O–H groups in total. The molecule has 88 valence electrons. The van der Waals surface area contributed by atoms with E-state index in [1.807, 2.05) is 32.0 Å². The van der Waals surface area contributed by atoms with Crippen molar-refractivity contribution in [1.82, 2.24) is 0 Å². The van der Waals surface area contributed by atoms with Crippen molar-refractivity contribution in [3.8, 4) is 5.75 Å². The highest BCUT2D eigenvalue weighted by molar-refractivity contribution is 9.10. The van der Waals surface area contributed by atoms with Crippen LogP contribution in [0.4, 0.5) is 5.69 Å². The van der Waals surface area contributed by atoms with E-state index in [2.05, 4.69) is 21.2 Å². The molecule has 0 spiro atoms. The van der Waals surface area contributed by atoms with Crippen molar-refractivity contribution in [3.05, 3.63) is 22.7 Å². The van der Waals surface area contributed by atoms with Gasteiger partial charge in [-0.05, 0) is 24.1 Å². The van der Waals surface area contributed by atoms with Gasteiger partial charge in [0, 0.05) is 10.9 Å². The minimum absolute atomic E-state index is 0.00984. The maximum Gasteiger partial charge on any atom is 0.224 e. The number of benzene rings is 1. The van der Waals surface area contributed by atoms with E-state index in [1.54, 1.807) is 7.11 Å². The van der Waals surface area contributed by atoms with E-state index in [0.29, 0.717) is 23.8 Å². The first-order chi connectivity index (χ1) is 7.52. The second kappa shape index (κ2) is 5.89. The predicted octanol–water partition coefficient (Wildman–Crippen LogP) is 3.44. The van der Waals surface area contributed by atoms with E-state index in [1.165, 1.54) is 0 Å². The summed E-state index contributed by atoms with van der Waals surface area (Å²) in [5, 5.41) is 2.84. The number of hydrogen-bond donors (Lipinski definition) is 1. The van der Waals surface area contributed by atoms with Crippen LogP contribution in [0.1, 0.15) is 20.3 Å². The van der Waals surface area contributed by atoms with Gasteiger partial charge in [0.2, 0.25) is 5.91 Å². The van der Waals surface area contributed by atoms with Crippen molar-refractivity contribution in [1.29, 1.82) is 0 Å². The van der Waals surface area contributed by atoms with Crippen molar-refractivity contribution in [3.63, 3.8) is 0 Å². The van der Waals surface area contributed by atoms with Crippen LogP contribution < -0.4 is 10.1 Å². The zero-order valence-corrected chi connectivity index (χ0v) is 11.3. The van der Waals surface area contributed by atoms with Crippen LogP contribution >= 0.6 is 15.9 Å². The van der Waals surface area contributed by atoms with Crippen LogP contribution in [0.15, 0.2) is 22.7 Å². The Morgan fingerprint density at radius 2 is 2.19 bits per heavy atom. The van der Waals surface area contributed by atoms with Crippen LogP contribution in [-0.2, 0) is 4.79 Å². The van der Waals surface area contributed by atoms with Crippen molar-refractivity contribution < 1.29 is 9.53 Å². The second-order valence-corrected chi connectivity index (χ2v) is 4.91. The SMILES string of the molecule is COc1cc(Br)ccc1NC(=O)CC(C)C. The number of hydrogen-bond acceptors (Lipinski definition) is 2. The van der Waals surface area contributed by atoms with Gasteiger partial charge in [-0.15, -0.1) is 0 Å². The lowest BCUT2D eigenvalue weighted by Gasteiger charge is -2.11. The summed E-state index contributed by atoms with van der Waals surface area (Å²) in [5.41, 5.74) is 0.705. The molecule has 0 aliphatic rings. The third-order valence-electron chi connectivity index (χ3n) is 2.03. The third kappa shape index (κ3) is 3.85. The Labute approximate surface area is 104 Å². The van der Waals surface area contributed by atoms with Gasteiger partial charge >= 0.3 is 0 Å². The van der Waals surface area contributed by atoms with E-state index in [-0.39, 0.29) is 5.91 Å². The molecule has 1 rings (SSSR count). The molecule has 4 heteroatoms. The zero-order valence-electron chi connectivity index (χ0n) is 9.71. The molecular formula is C12H16BrNO2. The lowest BCUT2D eigenvalue weighted by atomic mass is 10.1. The molecule has 1 aromatic carbocycles. The number of methoxy groups -OCH3 is 1. The monoisotopic (exact) mass is 285 g/mol. The van der Waals surface area contributed by atoms with E-state index in [0.717, 1.165) is 4.47 Å². The van der Waals surface area contributed by atoms with Gasteiger partial charge in [0.1, 0.15) is 5.75 Å². The zero-order chi connectivity index (χ0) is 12.1. The van der Waals surface area contributed by atoms with Gasteiger partial charge in [0.15, 0.2) is 0 Å². The smallest absolute Gasteiger partial charge is 0.224 e. The Morgan fingerprint density at radius 1 is 1.50 bits per heavy atom. The largest absolute Gasteiger partial charge is 0.495 e. The highest BCUT2D eigenvalue weighted by Crippen LogP contribution is 2.28. The summed E-state index contributed by atoms with van der Waals surface area (Å²) in [4.78, 5) is 11.6. The molecule has 16 heavy (non-hydrogen) atoms. The average molecular weight is 286 g/mol. The van der Waals surface area contributed by atoms with E-state index < -0.39 is 0 Å². The summed E-state index contributed by atoms with van der Waals surface area (Å²) >= 11 is 3.35. The van der Waals surface area contributed by atoms with Crippen molar-refractivity contribution >= 4 is 27.5 Å². The Morgan fingerprint density at radius 3 is 2.75 bits per heavy atom. The molecule has 1 amide bonds. The first-order valence-electron chi connectivity index (χ1n) is 5.16. The average Bonchev–Trinajstić information content (AvgIpc) is 2.19. The number of amides is 1. The number of ether oxygens (including phenoxy) is 1. The Hall–Kier alpha value is -1.03. The number of carbonyl (C=O) groups excluding carboxylic acids is 1. The maximum absolute atomic E-state index is 11.6. The van der Waals surface area contributed by atoms with E-state index in [9.17, 15) is 4.79 Å². The summed E-state index contributed by atoms with van der Waals surface area (Å²) in [5.74, 6) is 1.02. The van der Waals surface area contributed by atoms with Gasteiger partial charge in [-0.3, -0.25) is 4.79 Å². The van der Waals surface area contributed by atoms with Crippen molar-refractivity contribution in [2.45, 2.75) is 20.3 Å². The lowest BCUT2D eigenvalue weighted by molar-refractivity contribution is -0.116. The molecular weight excluding hydrogens is 270 g/mol. The molecule has 0 radical (unpaired) electrons. The fourth-order valence-corrected chi connectivity index (χ4v) is 1.68. The summed E-state index contributed by atoms with van der Waals surface area (Å²) in [6, 6.07) is 5.51. The molecule has 0 unspecified atom stereocenters. The van der Waals surface area contributed by atoms with Crippen molar-refractivity contribution in [2.24, 2.45) is 5.92 Å². The Bertz CT molecular complexity index is 377. The summed E-state index contributed by atoms with van der Waals surface area (Å²) in [7, 11) is 1.58. The van der Waals surface area contributed by atoms with Gasteiger partial charge in [0.25, 0.3) is 0 Å². The highest BCUT2D eigenvalue weighted by atomic mass is 79.9. The fourth-order valence-electron chi connectivity index (χ4n) is 1.34. The molecule has 0 fully saturated rings. The summed E-state index contributed by atoms with van der Waals surface area (Å²) < 4.78 is 6.11. The predicted molar refractivity (Wildman–Crippen MR) is 68.8 cm³/mol. The number of halogens is 1. The molecule has 0 saturated carbocycles. The normalized spacial score (nSPS) is 10.3. The van der Waals surface area contributed by atoms with Crippen LogP contribution in [0.3, 0.4) is 0 Å². The molecule has 0 atom stereocenters. The number of anilines is 1. The molecule has 0 aliphatic heterocycles. The minimum atomic E-state index is 0.00984. The number of nitrogens with one attached hydrogen (secondary N) is 1. The standard InChI is InChI=1S/C12H16BrNO2/c1-8(2)6-12(15)14-10-5-4-9(13)7-11(10)16-3/h4-5,7-8H,6H2,1-3H3,(H,14,15). The quantitative estimate of drug-likeness (QED) is 0.920. The lowest BCUT2D eigenvalue weighted by Crippen LogP contribution is -2.14. The molecule has 3 nitrogen and oxygen atoms in total. The van der Waals surface area contributed by atoms with Crippen LogP contribution in [0.25, 0.3) is 0 Å². The van der Waals surface area contributed by atoms with Gasteiger partial charge < -0.3 is 10.1 Å². The number of carbonyl (C=O) groups is 1. The second-order valence-electron chi connectivity index (χ2n) is 3.99. The van der Waals surface area contributed by atoms with Crippen LogP contribution in [0.5, 0.6) is 5.75 Å². The molecule has 0 saturated heterocycles. The number of rotatable bonds is 4. The van der Waals surface area contributed by atoms with E-state index >= 15 is 0 Å². The summed E-state index contributed by atoms with van der Waals surface area (Å²) in [6.45, 7) is 4.02. The Kier molecular flexibility index (Phi) is 4.80. The fraction of sp³-hybridized carbons (Fsp3) is 0.417. The molecule has 0 heterocycles. The maximum atomic E-state index is 11.6. The van der Waals surface area contributed by atoms with Crippen LogP contribution in [0, 0.1) is 5.92 Å². The molecule has 0 aromatic heterocycles. The van der Waals surface area contributed by atoms with Gasteiger partial charge in [-0.25, -0.2) is 0 Å². The molecule has 1 aromatic rings. The highest BCUT2D eigenvalue weighted by Gasteiger charge is 2.09. The first kappa shape index (κ1) is 13.0. The third-order valence-corrected chi connectivity index (χ3v) is 2.52. The molecule has 0 aliphatic carbocycles. The van der Waals surface area contributed by atoms with Crippen LogP contribution in [0.2, 0.25) is 0 Å². The Balaban J connectivity index is 2.76. The van der Waals surface area contributed by atoms with Crippen molar-refractivity contribution in [2.75, 3.05) is 12.4 Å². The van der Waals surface area contributed by atoms with E-state index in [4.69, 9.17) is 4.74 Å². The van der Waals surface area contributed by atoms with Gasteiger partial charge in [-0.1, -0.05) is 29.8 Å². The topological polar surface area (TPSA) is 38.3 Å². The molecule has 0 bridgehead atoms. The first-order valence-corrected chi connectivity index (χ1v) is 5.95.